The smallest absolute Gasteiger partial charge is 0.265 e. The molecular weight excluding hydrogens is 429 g/mol. The Morgan fingerprint density at radius 2 is 1.65 bits per heavy atom. The van der Waals surface area contributed by atoms with E-state index < -0.39 is 45.2 Å². The van der Waals surface area contributed by atoms with E-state index in [1.165, 1.54) is 12.1 Å². The van der Waals surface area contributed by atoms with Crippen LogP contribution in [0.5, 0.6) is 0 Å². The van der Waals surface area contributed by atoms with Gasteiger partial charge >= 0.3 is 0 Å². The summed E-state index contributed by atoms with van der Waals surface area (Å²) in [6.45, 7) is 0.166. The number of ketones is 1. The summed E-state index contributed by atoms with van der Waals surface area (Å²) in [6.07, 6.45) is 0.761. The van der Waals surface area contributed by atoms with E-state index in [1.54, 1.807) is 12.1 Å². The van der Waals surface area contributed by atoms with E-state index in [-0.39, 0.29) is 23.0 Å². The topological polar surface area (TPSA) is 67.3 Å². The first-order valence-electron chi connectivity index (χ1n) is 9.51. The summed E-state index contributed by atoms with van der Waals surface area (Å²) < 4.78 is 68.4. The van der Waals surface area contributed by atoms with Gasteiger partial charge in [0.05, 0.1) is 22.6 Å². The van der Waals surface area contributed by atoms with Crippen LogP contribution in [0, 0.1) is 17.5 Å². The highest BCUT2D eigenvalue weighted by Crippen LogP contribution is 2.31. The molecule has 0 saturated heterocycles. The largest absolute Gasteiger partial charge is 0.294 e. The van der Waals surface area contributed by atoms with E-state index in [0.717, 1.165) is 34.6 Å². The molecule has 0 spiro atoms. The lowest BCUT2D eigenvalue weighted by atomic mass is 10.0. The van der Waals surface area contributed by atoms with Gasteiger partial charge in [0.15, 0.2) is 5.78 Å². The van der Waals surface area contributed by atoms with Crippen LogP contribution in [0.3, 0.4) is 0 Å². The molecule has 0 amide bonds. The van der Waals surface area contributed by atoms with Crippen molar-refractivity contribution in [2.75, 3.05) is 10.8 Å². The van der Waals surface area contributed by atoms with Crippen molar-refractivity contribution in [3.63, 3.8) is 0 Å². The molecule has 4 rings (SSSR count). The van der Waals surface area contributed by atoms with Crippen LogP contribution in [0.25, 0.3) is 0 Å². The summed E-state index contributed by atoms with van der Waals surface area (Å²) in [5.41, 5.74) is 0.204. The number of anilines is 1. The molecule has 0 unspecified atom stereocenters. The summed E-state index contributed by atoms with van der Waals surface area (Å²) >= 11 is 0. The lowest BCUT2D eigenvalue weighted by molar-refractivity contribution is 0.0984. The maximum atomic E-state index is 13.9. The Labute approximate surface area is 177 Å². The predicted octanol–water partition coefficient (Wildman–Crippen LogP) is 4.07. The van der Waals surface area contributed by atoms with Crippen LogP contribution in [0.1, 0.15) is 28.0 Å². The number of carbonyl (C=O) groups is 1. The molecule has 2 aromatic carbocycles. The van der Waals surface area contributed by atoms with Crippen molar-refractivity contribution in [3.8, 4) is 0 Å². The quantitative estimate of drug-likeness (QED) is 0.555. The molecule has 31 heavy (non-hydrogen) atoms. The fourth-order valence-electron chi connectivity index (χ4n) is 3.53. The number of nitrogens with zero attached hydrogens (tertiary/aromatic N) is 2. The van der Waals surface area contributed by atoms with Crippen LogP contribution in [0.2, 0.25) is 0 Å². The Morgan fingerprint density at radius 1 is 0.968 bits per heavy atom. The van der Waals surface area contributed by atoms with E-state index in [0.29, 0.717) is 18.4 Å². The van der Waals surface area contributed by atoms with Crippen molar-refractivity contribution in [3.05, 3.63) is 88.9 Å². The molecular formula is C22H17F3N2O3S. The number of hydrogen-bond donors (Lipinski definition) is 0. The van der Waals surface area contributed by atoms with Crippen LogP contribution in [0.15, 0.2) is 59.5 Å². The maximum absolute atomic E-state index is 13.9. The normalized spacial score (nSPS) is 13.7. The first-order valence-corrected chi connectivity index (χ1v) is 11.0. The minimum absolute atomic E-state index is 0.0848. The Balaban J connectivity index is 1.68. The fourth-order valence-corrected chi connectivity index (χ4v) is 5.02. The van der Waals surface area contributed by atoms with Crippen LogP contribution in [-0.2, 0) is 22.9 Å². The van der Waals surface area contributed by atoms with Gasteiger partial charge in [-0.3, -0.25) is 4.79 Å². The highest BCUT2D eigenvalue weighted by atomic mass is 32.2. The molecule has 1 aliphatic heterocycles. The Hall–Kier alpha value is -3.20. The van der Waals surface area contributed by atoms with E-state index >= 15 is 0 Å². The van der Waals surface area contributed by atoms with Crippen LogP contribution >= 0.6 is 0 Å². The van der Waals surface area contributed by atoms with Crippen molar-refractivity contribution >= 4 is 21.6 Å². The summed E-state index contributed by atoms with van der Waals surface area (Å²) in [5.74, 6) is -3.13. The van der Waals surface area contributed by atoms with Gasteiger partial charge in [-0.15, -0.1) is 0 Å². The van der Waals surface area contributed by atoms with E-state index in [4.69, 9.17) is 0 Å². The molecule has 5 nitrogen and oxygen atoms in total. The molecule has 3 aromatic rings. The number of fused-ring (bicyclic) bond motifs is 1. The summed E-state index contributed by atoms with van der Waals surface area (Å²) in [6, 6.07) is 10.8. The zero-order chi connectivity index (χ0) is 22.2. The first kappa shape index (κ1) is 21.0. The molecule has 1 aromatic heterocycles. The van der Waals surface area contributed by atoms with E-state index in [2.05, 4.69) is 4.98 Å². The van der Waals surface area contributed by atoms with Gasteiger partial charge in [-0.2, -0.15) is 0 Å². The molecule has 2 heterocycles. The highest BCUT2D eigenvalue weighted by molar-refractivity contribution is 7.92. The number of Topliss-reactive ketones (excluding diaryl/α,β-unsaturated/α-hetero) is 1. The van der Waals surface area contributed by atoms with Crippen LogP contribution < -0.4 is 4.31 Å². The molecule has 0 saturated carbocycles. The van der Waals surface area contributed by atoms with Gasteiger partial charge < -0.3 is 0 Å². The molecule has 0 fully saturated rings. The van der Waals surface area contributed by atoms with Crippen molar-refractivity contribution in [2.24, 2.45) is 0 Å². The van der Waals surface area contributed by atoms with Gasteiger partial charge in [-0.1, -0.05) is 12.1 Å². The number of aryl methyl sites for hydroxylation is 1. The molecule has 0 N–H and O–H groups in total. The van der Waals surface area contributed by atoms with Gasteiger partial charge in [0.2, 0.25) is 0 Å². The number of benzene rings is 2. The molecule has 0 aliphatic carbocycles. The average molecular weight is 446 g/mol. The lowest BCUT2D eigenvalue weighted by Crippen LogP contribution is -2.36. The van der Waals surface area contributed by atoms with Crippen LogP contribution in [-0.4, -0.2) is 25.7 Å². The number of sulfonamides is 1. The second-order valence-electron chi connectivity index (χ2n) is 7.12. The fraction of sp³-hybridized carbons (Fsp3) is 0.182. The van der Waals surface area contributed by atoms with Gasteiger partial charge in [-0.25, -0.2) is 30.9 Å². The Kier molecular flexibility index (Phi) is 5.53. The molecule has 0 radical (unpaired) electrons. The van der Waals surface area contributed by atoms with Crippen molar-refractivity contribution in [2.45, 2.75) is 24.2 Å². The number of rotatable bonds is 5. The van der Waals surface area contributed by atoms with E-state index in [9.17, 15) is 26.4 Å². The summed E-state index contributed by atoms with van der Waals surface area (Å²) in [5, 5.41) is 0. The summed E-state index contributed by atoms with van der Waals surface area (Å²) in [4.78, 5) is 16.7. The van der Waals surface area contributed by atoms with Crippen molar-refractivity contribution in [1.29, 1.82) is 0 Å². The first-order chi connectivity index (χ1) is 14.8. The average Bonchev–Trinajstić information content (AvgIpc) is 2.73. The summed E-state index contributed by atoms with van der Waals surface area (Å²) in [7, 11) is -4.00. The molecule has 0 bridgehead atoms. The number of aromatic nitrogens is 1. The van der Waals surface area contributed by atoms with Gasteiger partial charge in [0, 0.05) is 6.54 Å². The minimum atomic E-state index is -4.00. The van der Waals surface area contributed by atoms with Gasteiger partial charge in [-0.05, 0) is 60.9 Å². The van der Waals surface area contributed by atoms with Crippen LogP contribution in [0.4, 0.5) is 19.0 Å². The number of halogens is 3. The number of pyridine rings is 1. The minimum Gasteiger partial charge on any atom is -0.294 e. The third-order valence-electron chi connectivity index (χ3n) is 5.04. The van der Waals surface area contributed by atoms with Crippen molar-refractivity contribution < 1.29 is 26.4 Å². The maximum Gasteiger partial charge on any atom is 0.265 e. The van der Waals surface area contributed by atoms with Gasteiger partial charge in [0.25, 0.3) is 10.0 Å². The molecule has 9 heteroatoms. The number of hydrogen-bond acceptors (Lipinski definition) is 4. The third kappa shape index (κ3) is 4.05. The SMILES string of the molecule is O=C(Cc1ccc2c(n1)N(S(=O)(=O)c1ccc(F)cc1)CCC2)c1c(F)cccc1F. The predicted molar refractivity (Wildman–Crippen MR) is 108 cm³/mol. The van der Waals surface area contributed by atoms with Crippen molar-refractivity contribution in [1.82, 2.24) is 4.98 Å². The number of carbonyl (C=O) groups excluding carboxylic acids is 1. The zero-order valence-corrected chi connectivity index (χ0v) is 17.0. The molecule has 160 valence electrons. The standard InChI is InChI=1S/C22H17F3N2O3S/c23-15-7-10-17(11-8-15)31(29,30)27-12-2-3-14-6-9-16(26-22(14)27)13-20(28)21-18(24)4-1-5-19(21)25/h1,4-11H,2-3,12-13H2. The third-order valence-corrected chi connectivity index (χ3v) is 6.85. The zero-order valence-electron chi connectivity index (χ0n) is 16.2. The molecule has 1 aliphatic rings. The Bertz CT molecular complexity index is 1240. The highest BCUT2D eigenvalue weighted by Gasteiger charge is 2.31. The lowest BCUT2D eigenvalue weighted by Gasteiger charge is -2.29. The molecule has 0 atom stereocenters. The van der Waals surface area contributed by atoms with Gasteiger partial charge in [0.1, 0.15) is 23.3 Å². The monoisotopic (exact) mass is 446 g/mol. The second-order valence-corrected chi connectivity index (χ2v) is 8.98. The second kappa shape index (κ2) is 8.14. The van der Waals surface area contributed by atoms with E-state index in [1.807, 2.05) is 0 Å². The Morgan fingerprint density at radius 3 is 2.32 bits per heavy atom.